The van der Waals surface area contributed by atoms with Crippen LogP contribution in [0, 0.1) is 0 Å². The first-order valence-electron chi connectivity index (χ1n) is 4.58. The number of alkyl halides is 12. The van der Waals surface area contributed by atoms with E-state index < -0.39 is 45.5 Å². The van der Waals surface area contributed by atoms with Gasteiger partial charge in [-0.2, -0.15) is 65.3 Å². The average molecular weight is 396 g/mol. The van der Waals surface area contributed by atoms with Gasteiger partial charge in [-0.15, -0.1) is 0 Å². The van der Waals surface area contributed by atoms with Crippen molar-refractivity contribution in [2.45, 2.75) is 35.4 Å². The van der Waals surface area contributed by atoms with Crippen molar-refractivity contribution in [2.75, 3.05) is 0 Å². The molecular formula is C6F12O4S. The van der Waals surface area contributed by atoms with Gasteiger partial charge >= 0.3 is 45.5 Å². The van der Waals surface area contributed by atoms with Gasteiger partial charge in [-0.05, 0) is 0 Å². The predicted octanol–water partition coefficient (Wildman–Crippen LogP) is 3.00. The molecule has 1 fully saturated rings. The van der Waals surface area contributed by atoms with Crippen LogP contribution in [0.25, 0.3) is 0 Å². The van der Waals surface area contributed by atoms with Crippen molar-refractivity contribution < 1.29 is 70.0 Å². The molecule has 0 radical (unpaired) electrons. The van der Waals surface area contributed by atoms with Gasteiger partial charge in [0.2, 0.25) is 0 Å². The minimum absolute atomic E-state index is 1.88. The SMILES string of the molecule is O=S1(=O)OC(F)(OC(F)(F)C(F)(F)C(F)(F)C(F)(F)F)C1(F)F. The van der Waals surface area contributed by atoms with Crippen LogP contribution in [0.5, 0.6) is 0 Å². The molecule has 0 spiro atoms. The molecule has 0 N–H and O–H groups in total. The zero-order chi connectivity index (χ0) is 18.9. The summed E-state index contributed by atoms with van der Waals surface area (Å²) in [6.07, 6.45) is -14.6. The lowest BCUT2D eigenvalue weighted by molar-refractivity contribution is -0.513. The van der Waals surface area contributed by atoms with Gasteiger partial charge < -0.3 is 0 Å². The maximum atomic E-state index is 13.0. The van der Waals surface area contributed by atoms with Gasteiger partial charge in [-0.3, -0.25) is 0 Å². The van der Waals surface area contributed by atoms with Crippen molar-refractivity contribution in [3.8, 4) is 0 Å². The van der Waals surface area contributed by atoms with Crippen LogP contribution in [-0.2, 0) is 19.0 Å². The number of halogens is 12. The van der Waals surface area contributed by atoms with Crippen molar-refractivity contribution in [1.82, 2.24) is 0 Å². The molecule has 0 saturated carbocycles. The Morgan fingerprint density at radius 2 is 1.17 bits per heavy atom. The summed E-state index contributed by atoms with van der Waals surface area (Å²) in [6.45, 7) is 0. The maximum Gasteiger partial charge on any atom is 0.460 e. The molecule has 0 aromatic rings. The smallest absolute Gasteiger partial charge is 0.247 e. The lowest BCUT2D eigenvalue weighted by atomic mass is 10.1. The summed E-state index contributed by atoms with van der Waals surface area (Å²) < 4.78 is 173. The highest BCUT2D eigenvalue weighted by molar-refractivity contribution is 7.89. The topological polar surface area (TPSA) is 52.6 Å². The van der Waals surface area contributed by atoms with E-state index in [0.29, 0.717) is 0 Å². The number of hydrogen-bond donors (Lipinski definition) is 0. The molecule has 1 rings (SSSR count). The largest absolute Gasteiger partial charge is 0.460 e. The summed E-state index contributed by atoms with van der Waals surface area (Å²) in [5.41, 5.74) is 0. The van der Waals surface area contributed by atoms with E-state index in [0.717, 1.165) is 0 Å². The summed E-state index contributed by atoms with van der Waals surface area (Å²) in [5.74, 6) is -15.2. The second kappa shape index (κ2) is 4.56. The molecule has 1 saturated heterocycles. The zero-order valence-electron chi connectivity index (χ0n) is 9.58. The van der Waals surface area contributed by atoms with Gasteiger partial charge in [0.25, 0.3) is 0 Å². The quantitative estimate of drug-likeness (QED) is 0.542. The van der Waals surface area contributed by atoms with Crippen LogP contribution in [0.2, 0.25) is 0 Å². The standard InChI is InChI=1S/C6F12O4S/c7-1(8,3(11,12)13)2(9,10)4(14,15)21-6(18)5(16,17)23(19,20)22-6. The second-order valence-electron chi connectivity index (χ2n) is 3.86. The maximum absolute atomic E-state index is 13.0. The molecule has 0 aliphatic carbocycles. The molecule has 23 heavy (non-hydrogen) atoms. The Kier molecular flexibility index (Phi) is 3.98. The zero-order valence-corrected chi connectivity index (χ0v) is 10.4. The van der Waals surface area contributed by atoms with E-state index >= 15 is 0 Å². The van der Waals surface area contributed by atoms with Crippen LogP contribution in [0.15, 0.2) is 0 Å². The van der Waals surface area contributed by atoms with Crippen LogP contribution in [0.1, 0.15) is 0 Å². The fraction of sp³-hybridized carbons (Fsp3) is 1.00. The fourth-order valence-electron chi connectivity index (χ4n) is 1.02. The number of hydrogen-bond acceptors (Lipinski definition) is 4. The van der Waals surface area contributed by atoms with E-state index in [9.17, 15) is 61.1 Å². The van der Waals surface area contributed by atoms with Gasteiger partial charge in [0.15, 0.2) is 0 Å². The molecule has 0 amide bonds. The van der Waals surface area contributed by atoms with Crippen molar-refractivity contribution in [1.29, 1.82) is 0 Å². The molecule has 4 nitrogen and oxygen atoms in total. The minimum atomic E-state index is -7.60. The van der Waals surface area contributed by atoms with Crippen LogP contribution in [-0.4, -0.2) is 43.8 Å². The molecule has 1 atom stereocenters. The number of ether oxygens (including phenoxy) is 1. The predicted molar refractivity (Wildman–Crippen MR) is 40.8 cm³/mol. The third-order valence-corrected chi connectivity index (χ3v) is 3.56. The summed E-state index contributed by atoms with van der Waals surface area (Å²) in [4.78, 5) is 0. The Balaban J connectivity index is 3.23. The Labute approximate surface area is 117 Å². The molecular weight excluding hydrogens is 396 g/mol. The third-order valence-electron chi connectivity index (χ3n) is 2.25. The van der Waals surface area contributed by atoms with Gasteiger partial charge in [-0.25, -0.2) is 4.74 Å². The summed E-state index contributed by atoms with van der Waals surface area (Å²) in [7, 11) is -6.27. The van der Waals surface area contributed by atoms with E-state index in [1.54, 1.807) is 0 Å². The Morgan fingerprint density at radius 1 is 0.783 bits per heavy atom. The highest BCUT2D eigenvalue weighted by atomic mass is 32.2. The Bertz CT molecular complexity index is 593. The van der Waals surface area contributed by atoms with Crippen LogP contribution >= 0.6 is 0 Å². The molecule has 1 heterocycles. The first-order chi connectivity index (χ1) is 9.66. The number of rotatable bonds is 4. The fourth-order valence-corrected chi connectivity index (χ4v) is 1.81. The monoisotopic (exact) mass is 396 g/mol. The van der Waals surface area contributed by atoms with Gasteiger partial charge in [0.05, 0.1) is 0 Å². The molecule has 1 aliphatic rings. The summed E-state index contributed by atoms with van der Waals surface area (Å²) >= 11 is 0. The van der Waals surface area contributed by atoms with Crippen LogP contribution < -0.4 is 0 Å². The molecule has 0 aromatic carbocycles. The first-order valence-corrected chi connectivity index (χ1v) is 5.99. The van der Waals surface area contributed by atoms with Crippen LogP contribution in [0.4, 0.5) is 52.7 Å². The van der Waals surface area contributed by atoms with Gasteiger partial charge in [0.1, 0.15) is 0 Å². The molecule has 17 heteroatoms. The van der Waals surface area contributed by atoms with Crippen molar-refractivity contribution >= 4 is 10.1 Å². The Morgan fingerprint density at radius 3 is 1.43 bits per heavy atom. The van der Waals surface area contributed by atoms with E-state index in [-0.39, 0.29) is 0 Å². The van der Waals surface area contributed by atoms with Gasteiger partial charge in [-0.1, -0.05) is 0 Å². The lowest BCUT2D eigenvalue weighted by Crippen LogP contribution is -2.71. The molecule has 0 bridgehead atoms. The van der Waals surface area contributed by atoms with E-state index in [1.807, 2.05) is 4.74 Å². The third kappa shape index (κ3) is 2.43. The molecule has 138 valence electrons. The molecule has 1 unspecified atom stereocenters. The normalized spacial score (nSPS) is 28.3. The highest BCUT2D eigenvalue weighted by Crippen LogP contribution is 2.58. The summed E-state index contributed by atoms with van der Waals surface area (Å²) in [5, 5.41) is -6.08. The second-order valence-corrected chi connectivity index (χ2v) is 5.44. The van der Waals surface area contributed by atoms with Crippen LogP contribution in [0.3, 0.4) is 0 Å². The van der Waals surface area contributed by atoms with E-state index in [1.165, 1.54) is 0 Å². The van der Waals surface area contributed by atoms with Gasteiger partial charge in [0, 0.05) is 0 Å². The molecule has 0 aromatic heterocycles. The highest BCUT2D eigenvalue weighted by Gasteiger charge is 2.88. The first kappa shape index (κ1) is 20.1. The lowest BCUT2D eigenvalue weighted by Gasteiger charge is -2.42. The van der Waals surface area contributed by atoms with E-state index in [4.69, 9.17) is 0 Å². The summed E-state index contributed by atoms with van der Waals surface area (Å²) in [6, 6.07) is -5.92. The van der Waals surface area contributed by atoms with Crippen molar-refractivity contribution in [3.05, 3.63) is 0 Å². The van der Waals surface area contributed by atoms with E-state index in [2.05, 4.69) is 4.18 Å². The van der Waals surface area contributed by atoms with Crippen molar-refractivity contribution in [2.24, 2.45) is 0 Å². The Hall–Kier alpha value is -0.970. The molecule has 1 aliphatic heterocycles. The average Bonchev–Trinajstić information content (AvgIpc) is 2.24. The minimum Gasteiger partial charge on any atom is -0.247 e. The van der Waals surface area contributed by atoms with Crippen molar-refractivity contribution in [3.63, 3.8) is 0 Å².